The summed E-state index contributed by atoms with van der Waals surface area (Å²) in [5, 5.41) is 5.68. The van der Waals surface area contributed by atoms with Crippen LogP contribution in [0, 0.1) is 12.7 Å². The van der Waals surface area contributed by atoms with Gasteiger partial charge < -0.3 is 10.6 Å². The van der Waals surface area contributed by atoms with Gasteiger partial charge in [0.1, 0.15) is 17.3 Å². The number of hydrogen-bond donors (Lipinski definition) is 2. The maximum atomic E-state index is 13.3. The molecule has 0 aliphatic carbocycles. The predicted molar refractivity (Wildman–Crippen MR) is 83.0 cm³/mol. The summed E-state index contributed by atoms with van der Waals surface area (Å²) < 4.78 is 13.6. The molecule has 0 saturated carbocycles. The summed E-state index contributed by atoms with van der Waals surface area (Å²) in [4.78, 5) is 20.2. The van der Waals surface area contributed by atoms with E-state index in [4.69, 9.17) is 0 Å². The Bertz CT molecular complexity index is 661. The highest BCUT2D eigenvalue weighted by atomic mass is 79.9. The summed E-state index contributed by atoms with van der Waals surface area (Å²) in [6.45, 7) is 4.38. The molecule has 1 amide bonds. The molecule has 0 aliphatic rings. The van der Waals surface area contributed by atoms with Gasteiger partial charge in [0.15, 0.2) is 0 Å². The Morgan fingerprint density at radius 3 is 2.71 bits per heavy atom. The van der Waals surface area contributed by atoms with E-state index in [1.165, 1.54) is 24.5 Å². The molecule has 0 fully saturated rings. The van der Waals surface area contributed by atoms with E-state index in [-0.39, 0.29) is 16.0 Å². The molecular weight excluding hydrogens is 339 g/mol. The fraction of sp³-hybridized carbons (Fsp3) is 0.214. The Kier molecular flexibility index (Phi) is 4.85. The van der Waals surface area contributed by atoms with Crippen LogP contribution >= 0.6 is 15.9 Å². The maximum Gasteiger partial charge on any atom is 0.275 e. The van der Waals surface area contributed by atoms with Crippen molar-refractivity contribution in [2.75, 3.05) is 17.2 Å². The molecule has 0 saturated heterocycles. The number of nitrogens with one attached hydrogen (secondary N) is 2. The largest absolute Gasteiger partial charge is 0.369 e. The SMILES string of the molecule is CCNc1cnc(C(=O)Nc2cc(Br)c(F)cc2C)cn1. The van der Waals surface area contributed by atoms with Crippen molar-refractivity contribution >= 4 is 33.3 Å². The van der Waals surface area contributed by atoms with Crippen LogP contribution in [0.2, 0.25) is 0 Å². The normalized spacial score (nSPS) is 10.3. The van der Waals surface area contributed by atoms with E-state index in [2.05, 4.69) is 36.5 Å². The number of rotatable bonds is 4. The number of amides is 1. The Labute approximate surface area is 130 Å². The van der Waals surface area contributed by atoms with Crippen LogP contribution in [-0.4, -0.2) is 22.4 Å². The molecule has 5 nitrogen and oxygen atoms in total. The zero-order chi connectivity index (χ0) is 15.4. The van der Waals surface area contributed by atoms with Crippen LogP contribution in [0.5, 0.6) is 0 Å². The molecule has 2 N–H and O–H groups in total. The van der Waals surface area contributed by atoms with Crippen molar-refractivity contribution in [1.82, 2.24) is 9.97 Å². The van der Waals surface area contributed by atoms with Crippen molar-refractivity contribution in [3.8, 4) is 0 Å². The van der Waals surface area contributed by atoms with Crippen molar-refractivity contribution < 1.29 is 9.18 Å². The molecule has 0 bridgehead atoms. The second-order valence-corrected chi connectivity index (χ2v) is 5.21. The molecule has 2 aromatic rings. The minimum Gasteiger partial charge on any atom is -0.369 e. The first-order chi connectivity index (χ1) is 10.0. The third-order valence-electron chi connectivity index (χ3n) is 2.76. The van der Waals surface area contributed by atoms with Crippen molar-refractivity contribution in [2.45, 2.75) is 13.8 Å². The van der Waals surface area contributed by atoms with Crippen molar-refractivity contribution in [2.24, 2.45) is 0 Å². The third kappa shape index (κ3) is 3.75. The number of aromatic nitrogens is 2. The van der Waals surface area contributed by atoms with Gasteiger partial charge in [0.2, 0.25) is 0 Å². The smallest absolute Gasteiger partial charge is 0.275 e. The topological polar surface area (TPSA) is 66.9 Å². The molecule has 0 aliphatic heterocycles. The zero-order valence-corrected chi connectivity index (χ0v) is 13.2. The lowest BCUT2D eigenvalue weighted by atomic mass is 10.2. The minimum absolute atomic E-state index is 0.191. The summed E-state index contributed by atoms with van der Waals surface area (Å²) in [6.07, 6.45) is 2.88. The molecule has 2 rings (SSSR count). The molecule has 110 valence electrons. The van der Waals surface area contributed by atoms with Crippen LogP contribution < -0.4 is 10.6 Å². The number of nitrogens with zero attached hydrogens (tertiary/aromatic N) is 2. The Morgan fingerprint density at radius 1 is 1.33 bits per heavy atom. The predicted octanol–water partition coefficient (Wildman–Crippen LogP) is 3.37. The second kappa shape index (κ2) is 6.62. The standard InChI is InChI=1S/C14H14BrFN4O/c1-3-17-13-7-18-12(6-19-13)14(21)20-11-5-9(15)10(16)4-8(11)2/h4-7H,3H2,1-2H3,(H,17,19)(H,20,21). The molecular formula is C14H14BrFN4O. The van der Waals surface area contributed by atoms with Gasteiger partial charge in [-0.3, -0.25) is 4.79 Å². The van der Waals surface area contributed by atoms with Gasteiger partial charge in [0.25, 0.3) is 5.91 Å². The number of anilines is 2. The average molecular weight is 353 g/mol. The van der Waals surface area contributed by atoms with Crippen LogP contribution in [0.3, 0.4) is 0 Å². The first kappa shape index (κ1) is 15.4. The number of hydrogen-bond acceptors (Lipinski definition) is 4. The summed E-state index contributed by atoms with van der Waals surface area (Å²) in [6, 6.07) is 2.86. The van der Waals surface area contributed by atoms with E-state index in [9.17, 15) is 9.18 Å². The molecule has 1 aromatic heterocycles. The number of aryl methyl sites for hydroxylation is 1. The van der Waals surface area contributed by atoms with Crippen LogP contribution in [0.15, 0.2) is 29.0 Å². The number of benzene rings is 1. The molecule has 1 aromatic carbocycles. The first-order valence-electron chi connectivity index (χ1n) is 6.34. The van der Waals surface area contributed by atoms with Crippen LogP contribution in [-0.2, 0) is 0 Å². The summed E-state index contributed by atoms with van der Waals surface area (Å²) in [5.74, 6) is -0.165. The van der Waals surface area contributed by atoms with E-state index in [0.717, 1.165) is 6.54 Å². The van der Waals surface area contributed by atoms with E-state index in [0.29, 0.717) is 17.1 Å². The van der Waals surface area contributed by atoms with Crippen LogP contribution in [0.1, 0.15) is 23.0 Å². The van der Waals surface area contributed by atoms with Gasteiger partial charge >= 0.3 is 0 Å². The van der Waals surface area contributed by atoms with Gasteiger partial charge in [-0.2, -0.15) is 0 Å². The highest BCUT2D eigenvalue weighted by molar-refractivity contribution is 9.10. The van der Waals surface area contributed by atoms with Gasteiger partial charge in [0, 0.05) is 12.2 Å². The average Bonchev–Trinajstić information content (AvgIpc) is 2.46. The molecule has 7 heteroatoms. The minimum atomic E-state index is -0.396. The highest BCUT2D eigenvalue weighted by Crippen LogP contribution is 2.24. The van der Waals surface area contributed by atoms with Gasteiger partial charge in [-0.1, -0.05) is 0 Å². The van der Waals surface area contributed by atoms with Gasteiger partial charge in [-0.05, 0) is 47.5 Å². The summed E-state index contributed by atoms with van der Waals surface area (Å²) in [7, 11) is 0. The van der Waals surface area contributed by atoms with Crippen molar-refractivity contribution in [3.63, 3.8) is 0 Å². The molecule has 1 heterocycles. The monoisotopic (exact) mass is 352 g/mol. The van der Waals surface area contributed by atoms with E-state index in [1.807, 2.05) is 6.92 Å². The molecule has 0 spiro atoms. The highest BCUT2D eigenvalue weighted by Gasteiger charge is 2.12. The van der Waals surface area contributed by atoms with Gasteiger partial charge in [0.05, 0.1) is 16.9 Å². The molecule has 0 radical (unpaired) electrons. The number of carbonyl (C=O) groups excluding carboxylic acids is 1. The van der Waals surface area contributed by atoms with Gasteiger partial charge in [-0.15, -0.1) is 0 Å². The molecule has 21 heavy (non-hydrogen) atoms. The van der Waals surface area contributed by atoms with E-state index in [1.54, 1.807) is 6.92 Å². The Hall–Kier alpha value is -2.02. The lowest BCUT2D eigenvalue weighted by Crippen LogP contribution is -2.15. The number of halogens is 2. The Morgan fingerprint density at radius 2 is 2.10 bits per heavy atom. The second-order valence-electron chi connectivity index (χ2n) is 4.35. The van der Waals surface area contributed by atoms with Crippen molar-refractivity contribution in [3.05, 3.63) is 46.1 Å². The third-order valence-corrected chi connectivity index (χ3v) is 3.37. The number of carbonyl (C=O) groups is 1. The van der Waals surface area contributed by atoms with Crippen molar-refractivity contribution in [1.29, 1.82) is 0 Å². The first-order valence-corrected chi connectivity index (χ1v) is 7.13. The fourth-order valence-electron chi connectivity index (χ4n) is 1.68. The lowest BCUT2D eigenvalue weighted by Gasteiger charge is -2.09. The quantitative estimate of drug-likeness (QED) is 0.885. The lowest BCUT2D eigenvalue weighted by molar-refractivity contribution is 0.102. The Balaban J connectivity index is 2.16. The summed E-state index contributed by atoms with van der Waals surface area (Å²) >= 11 is 3.09. The van der Waals surface area contributed by atoms with Crippen LogP contribution in [0.4, 0.5) is 15.9 Å². The van der Waals surface area contributed by atoms with Gasteiger partial charge in [-0.25, -0.2) is 14.4 Å². The molecule has 0 atom stereocenters. The zero-order valence-electron chi connectivity index (χ0n) is 11.6. The summed E-state index contributed by atoms with van der Waals surface area (Å²) in [5.41, 5.74) is 1.34. The van der Waals surface area contributed by atoms with Crippen LogP contribution in [0.25, 0.3) is 0 Å². The van der Waals surface area contributed by atoms with E-state index >= 15 is 0 Å². The van der Waals surface area contributed by atoms with E-state index < -0.39 is 5.91 Å². The maximum absolute atomic E-state index is 13.3. The fourth-order valence-corrected chi connectivity index (χ4v) is 2.03. The molecule has 0 unspecified atom stereocenters.